The molecule has 0 spiro atoms. The van der Waals surface area contributed by atoms with E-state index in [0.29, 0.717) is 0 Å². The molecule has 0 aromatic rings. The van der Waals surface area contributed by atoms with Gasteiger partial charge in [0.25, 0.3) is 0 Å². The maximum Gasteiger partial charge on any atom is 2.00 e. The molecule has 0 aliphatic rings. The van der Waals surface area contributed by atoms with Crippen LogP contribution >= 0.6 is 0 Å². The van der Waals surface area contributed by atoms with Crippen molar-refractivity contribution in [1.29, 1.82) is 0 Å². The summed E-state index contributed by atoms with van der Waals surface area (Å²) in [5.74, 6) is 0. The molecule has 0 saturated heterocycles. The van der Waals surface area contributed by atoms with E-state index in [-0.39, 0.29) is 60.2 Å². The Morgan fingerprint density at radius 2 is 2.09 bits per heavy atom. The zero-order valence-corrected chi connectivity index (χ0v) is 9.34. The van der Waals surface area contributed by atoms with Crippen LogP contribution in [0.5, 0.6) is 0 Å². The Bertz CT molecular complexity index is 173. The van der Waals surface area contributed by atoms with Crippen molar-refractivity contribution in [2.24, 2.45) is 0 Å². The number of aliphatic hydroxyl groups is 1. The molecular formula is C4H12CaO5S. The molecular weight excluding hydrogens is 200 g/mol. The van der Waals surface area contributed by atoms with Gasteiger partial charge in [-0.2, -0.15) is 8.42 Å². The predicted octanol–water partition coefficient (Wildman–Crippen LogP) is -0.879. The Kier molecular flexibility index (Phi) is 10.3. The van der Waals surface area contributed by atoms with Crippen LogP contribution < -0.4 is 0 Å². The molecule has 66 valence electrons. The summed E-state index contributed by atoms with van der Waals surface area (Å²) in [5.41, 5.74) is 0. The van der Waals surface area contributed by atoms with Crippen LogP contribution in [-0.2, 0) is 18.8 Å². The molecule has 1 N–H and O–H groups in total. The summed E-state index contributed by atoms with van der Waals surface area (Å²) < 4.78 is 28.9. The first-order valence-corrected chi connectivity index (χ1v) is 4.01. The molecule has 0 fully saturated rings. The first kappa shape index (κ1) is 14.6. The Balaban J connectivity index is -0.000000135. The second kappa shape index (κ2) is 7.72. The second-order valence-corrected chi connectivity index (χ2v) is 2.86. The van der Waals surface area contributed by atoms with Crippen molar-refractivity contribution in [3.05, 3.63) is 0 Å². The van der Waals surface area contributed by atoms with Gasteiger partial charge in [-0.1, -0.05) is 0 Å². The Labute approximate surface area is 99.0 Å². The molecule has 5 nitrogen and oxygen atoms in total. The molecule has 0 aliphatic heterocycles. The minimum Gasteiger partial charge on any atom is -1.00 e. The summed E-state index contributed by atoms with van der Waals surface area (Å²) in [6.07, 6.45) is 0.280. The summed E-state index contributed by atoms with van der Waals surface area (Å²) in [6, 6.07) is 0. The van der Waals surface area contributed by atoms with E-state index in [0.717, 1.165) is 7.11 Å². The second-order valence-electron chi connectivity index (χ2n) is 1.47. The zero-order valence-electron chi connectivity index (χ0n) is 8.32. The van der Waals surface area contributed by atoms with Crippen LogP contribution in [-0.4, -0.2) is 71.6 Å². The molecule has 0 bridgehead atoms. The Morgan fingerprint density at radius 3 is 2.45 bits per heavy atom. The van der Waals surface area contributed by atoms with Gasteiger partial charge < -0.3 is 7.96 Å². The van der Waals surface area contributed by atoms with Crippen LogP contribution in [0, 0.1) is 0 Å². The minimum absolute atomic E-state index is 0. The minimum atomic E-state index is -3.80. The molecule has 0 atom stereocenters. The van der Waals surface area contributed by atoms with Gasteiger partial charge >= 0.3 is 48.1 Å². The maximum atomic E-state index is 10.3. The third kappa shape index (κ3) is 9.00. The topological polar surface area (TPSA) is 72.8 Å². The van der Waals surface area contributed by atoms with Crippen molar-refractivity contribution in [1.82, 2.24) is 0 Å². The number of hydrogen-bond donors (Lipinski definition) is 1. The van der Waals surface area contributed by atoms with Crippen LogP contribution in [0.1, 0.15) is 9.27 Å². The van der Waals surface area contributed by atoms with E-state index in [1.54, 1.807) is 0 Å². The van der Waals surface area contributed by atoms with E-state index in [4.69, 9.17) is 5.11 Å². The first-order chi connectivity index (χ1) is 4.62. The SMILES string of the molecule is COS(=O)(=O)OCCCO.[Ca+2].[H-].[H-]. The van der Waals surface area contributed by atoms with Crippen LogP contribution in [0.15, 0.2) is 0 Å². The monoisotopic (exact) mass is 212 g/mol. The first-order valence-electron chi connectivity index (χ1n) is 2.68. The maximum absolute atomic E-state index is 10.3. The Morgan fingerprint density at radius 1 is 1.55 bits per heavy atom. The summed E-state index contributed by atoms with van der Waals surface area (Å²) >= 11 is 0. The summed E-state index contributed by atoms with van der Waals surface area (Å²) in [7, 11) is -2.79. The van der Waals surface area contributed by atoms with Crippen molar-refractivity contribution >= 4 is 48.1 Å². The molecule has 0 amide bonds. The van der Waals surface area contributed by atoms with Gasteiger partial charge in [-0.15, -0.1) is 0 Å². The van der Waals surface area contributed by atoms with Crippen molar-refractivity contribution < 1.29 is 24.7 Å². The fourth-order valence-electron chi connectivity index (χ4n) is 0.274. The predicted molar refractivity (Wildman–Crippen MR) is 41.6 cm³/mol. The van der Waals surface area contributed by atoms with E-state index >= 15 is 0 Å². The summed E-state index contributed by atoms with van der Waals surface area (Å²) in [4.78, 5) is 0. The standard InChI is InChI=1S/C4H10O5S.Ca.2H/c1-8-10(6,7)9-4-2-3-5;;;/h5H,2-4H2,1H3;;;/q;+2;2*-1. The van der Waals surface area contributed by atoms with E-state index in [2.05, 4.69) is 8.37 Å². The summed E-state index contributed by atoms with van der Waals surface area (Å²) in [5, 5.41) is 8.22. The average Bonchev–Trinajstić information content (AvgIpc) is 1.89. The van der Waals surface area contributed by atoms with Crippen LogP contribution in [0.25, 0.3) is 0 Å². The van der Waals surface area contributed by atoms with E-state index in [9.17, 15) is 8.42 Å². The normalized spacial score (nSPS) is 10.7. The third-order valence-corrected chi connectivity index (χ3v) is 1.60. The van der Waals surface area contributed by atoms with Gasteiger partial charge in [0.2, 0.25) is 0 Å². The quantitative estimate of drug-likeness (QED) is 0.473. The van der Waals surface area contributed by atoms with Crippen LogP contribution in [0.4, 0.5) is 0 Å². The molecule has 7 heteroatoms. The average molecular weight is 212 g/mol. The van der Waals surface area contributed by atoms with Crippen molar-refractivity contribution in [3.8, 4) is 0 Å². The fourth-order valence-corrected chi connectivity index (χ4v) is 0.692. The number of hydrogen-bond acceptors (Lipinski definition) is 5. The van der Waals surface area contributed by atoms with Crippen LogP contribution in [0.3, 0.4) is 0 Å². The zero-order chi connectivity index (χ0) is 8.04. The van der Waals surface area contributed by atoms with E-state index < -0.39 is 10.4 Å². The van der Waals surface area contributed by atoms with Gasteiger partial charge in [0.1, 0.15) is 0 Å². The largest absolute Gasteiger partial charge is 2.00 e. The Hall–Kier alpha value is 1.09. The summed E-state index contributed by atoms with van der Waals surface area (Å²) in [6.45, 7) is -0.147. The molecule has 0 heterocycles. The van der Waals surface area contributed by atoms with Gasteiger partial charge in [-0.3, -0.25) is 4.18 Å². The number of aliphatic hydroxyl groups excluding tert-OH is 1. The van der Waals surface area contributed by atoms with Crippen molar-refractivity contribution in [2.75, 3.05) is 20.3 Å². The van der Waals surface area contributed by atoms with Gasteiger partial charge in [-0.05, 0) is 6.42 Å². The van der Waals surface area contributed by atoms with Gasteiger partial charge in [0.05, 0.1) is 13.7 Å². The smallest absolute Gasteiger partial charge is 1.00 e. The molecule has 0 aliphatic carbocycles. The van der Waals surface area contributed by atoms with E-state index in [1.807, 2.05) is 0 Å². The van der Waals surface area contributed by atoms with Gasteiger partial charge in [0, 0.05) is 6.61 Å². The molecule has 11 heavy (non-hydrogen) atoms. The van der Waals surface area contributed by atoms with Crippen molar-refractivity contribution in [2.45, 2.75) is 6.42 Å². The molecule has 0 radical (unpaired) electrons. The van der Waals surface area contributed by atoms with Gasteiger partial charge in [0.15, 0.2) is 0 Å². The van der Waals surface area contributed by atoms with Crippen LogP contribution in [0.2, 0.25) is 0 Å². The molecule has 0 unspecified atom stereocenters. The third-order valence-electron chi connectivity index (χ3n) is 0.734. The molecule has 0 aromatic heterocycles. The van der Waals surface area contributed by atoms with E-state index in [1.165, 1.54) is 0 Å². The van der Waals surface area contributed by atoms with Gasteiger partial charge in [-0.25, -0.2) is 4.18 Å². The van der Waals surface area contributed by atoms with Crippen molar-refractivity contribution in [3.63, 3.8) is 0 Å². The number of rotatable bonds is 5. The molecule has 0 saturated carbocycles. The fraction of sp³-hybridized carbons (Fsp3) is 1.00. The molecule has 0 aromatic carbocycles. The molecule has 0 rings (SSSR count).